The van der Waals surface area contributed by atoms with Crippen molar-refractivity contribution in [2.75, 3.05) is 18.6 Å². The van der Waals surface area contributed by atoms with Crippen molar-refractivity contribution in [1.29, 1.82) is 0 Å². The summed E-state index contributed by atoms with van der Waals surface area (Å²) in [7, 11) is 0. The summed E-state index contributed by atoms with van der Waals surface area (Å²) < 4.78 is 5.45. The summed E-state index contributed by atoms with van der Waals surface area (Å²) in [6, 6.07) is 7.96. The number of hydrogen-bond acceptors (Lipinski definition) is 3. The molecule has 0 fully saturated rings. The zero-order valence-electron chi connectivity index (χ0n) is 7.86. The molecule has 2 rings (SSSR count). The normalized spacial score (nSPS) is 13.6. The van der Waals surface area contributed by atoms with E-state index in [0.717, 1.165) is 11.3 Å². The highest BCUT2D eigenvalue weighted by atomic mass is 16.5. The van der Waals surface area contributed by atoms with E-state index in [1.807, 2.05) is 24.3 Å². The van der Waals surface area contributed by atoms with Crippen LogP contribution in [0.1, 0.15) is 5.56 Å². The molecule has 0 amide bonds. The van der Waals surface area contributed by atoms with E-state index in [-0.39, 0.29) is 0 Å². The standard InChI is InChI=1S/C11H12N2O/c1-2-7-14-11-9-5-3-4-6-10(9)12-8-13-11/h2-6,12H,1,7-8H2. The van der Waals surface area contributed by atoms with E-state index in [1.165, 1.54) is 0 Å². The number of nitrogens with one attached hydrogen (secondary N) is 1. The van der Waals surface area contributed by atoms with Crippen molar-refractivity contribution in [3.63, 3.8) is 0 Å². The maximum atomic E-state index is 5.45. The average molecular weight is 188 g/mol. The molecule has 1 N–H and O–H groups in total. The van der Waals surface area contributed by atoms with Gasteiger partial charge in [0.15, 0.2) is 0 Å². The highest BCUT2D eigenvalue weighted by Gasteiger charge is 2.13. The lowest BCUT2D eigenvalue weighted by Crippen LogP contribution is -2.17. The first-order valence-corrected chi connectivity index (χ1v) is 4.53. The van der Waals surface area contributed by atoms with E-state index >= 15 is 0 Å². The first-order chi connectivity index (χ1) is 6.92. The van der Waals surface area contributed by atoms with Crippen LogP contribution in [0.5, 0.6) is 0 Å². The molecule has 0 bridgehead atoms. The minimum absolute atomic E-state index is 0.493. The van der Waals surface area contributed by atoms with Crippen molar-refractivity contribution < 1.29 is 4.74 Å². The minimum atomic E-state index is 0.493. The lowest BCUT2D eigenvalue weighted by atomic mass is 10.1. The summed E-state index contributed by atoms with van der Waals surface area (Å²) in [6.07, 6.45) is 1.72. The van der Waals surface area contributed by atoms with E-state index < -0.39 is 0 Å². The van der Waals surface area contributed by atoms with Crippen molar-refractivity contribution in [3.8, 4) is 0 Å². The van der Waals surface area contributed by atoms with Crippen molar-refractivity contribution in [2.24, 2.45) is 4.99 Å². The molecule has 0 spiro atoms. The van der Waals surface area contributed by atoms with Crippen molar-refractivity contribution in [1.82, 2.24) is 0 Å². The topological polar surface area (TPSA) is 33.6 Å². The zero-order valence-corrected chi connectivity index (χ0v) is 7.86. The molecule has 72 valence electrons. The van der Waals surface area contributed by atoms with Gasteiger partial charge in [-0.05, 0) is 12.1 Å². The SMILES string of the molecule is C=CCOC1=NCNc2ccccc21. The molecular weight excluding hydrogens is 176 g/mol. The number of hydrogen-bond donors (Lipinski definition) is 1. The smallest absolute Gasteiger partial charge is 0.220 e. The minimum Gasteiger partial charge on any atom is -0.473 e. The van der Waals surface area contributed by atoms with E-state index in [1.54, 1.807) is 6.08 Å². The first-order valence-electron chi connectivity index (χ1n) is 4.53. The van der Waals surface area contributed by atoms with Crippen LogP contribution in [0.25, 0.3) is 0 Å². The van der Waals surface area contributed by atoms with Crippen LogP contribution < -0.4 is 5.32 Å². The van der Waals surface area contributed by atoms with Gasteiger partial charge in [0.2, 0.25) is 5.90 Å². The molecule has 1 aliphatic heterocycles. The van der Waals surface area contributed by atoms with Crippen molar-refractivity contribution in [2.45, 2.75) is 0 Å². The highest BCUT2D eigenvalue weighted by molar-refractivity contribution is 6.00. The molecule has 0 saturated carbocycles. The van der Waals surface area contributed by atoms with Crippen LogP contribution in [0.4, 0.5) is 5.69 Å². The molecular formula is C11H12N2O. The molecule has 3 nitrogen and oxygen atoms in total. The third-order valence-electron chi connectivity index (χ3n) is 1.99. The molecule has 0 radical (unpaired) electrons. The molecule has 3 heteroatoms. The summed E-state index contributed by atoms with van der Waals surface area (Å²) in [6.45, 7) is 4.67. The second-order valence-corrected chi connectivity index (χ2v) is 2.94. The van der Waals surface area contributed by atoms with Crippen LogP contribution in [0, 0.1) is 0 Å². The highest BCUT2D eigenvalue weighted by Crippen LogP contribution is 2.19. The number of fused-ring (bicyclic) bond motifs is 1. The van der Waals surface area contributed by atoms with E-state index in [2.05, 4.69) is 16.9 Å². The van der Waals surface area contributed by atoms with Crippen LogP contribution in [0.15, 0.2) is 41.9 Å². The second kappa shape index (κ2) is 3.96. The van der Waals surface area contributed by atoms with E-state index in [0.29, 0.717) is 19.2 Å². The van der Waals surface area contributed by atoms with Crippen molar-refractivity contribution in [3.05, 3.63) is 42.5 Å². The van der Waals surface area contributed by atoms with Gasteiger partial charge < -0.3 is 10.1 Å². The summed E-state index contributed by atoms with van der Waals surface area (Å²) >= 11 is 0. The Kier molecular flexibility index (Phi) is 2.49. The van der Waals surface area contributed by atoms with Crippen LogP contribution in [-0.4, -0.2) is 19.2 Å². The van der Waals surface area contributed by atoms with Gasteiger partial charge in [0, 0.05) is 5.69 Å². The molecule has 1 aliphatic rings. The van der Waals surface area contributed by atoms with Gasteiger partial charge in [0.25, 0.3) is 0 Å². The number of rotatable bonds is 2. The number of benzene rings is 1. The van der Waals surface area contributed by atoms with Gasteiger partial charge >= 0.3 is 0 Å². The predicted octanol–water partition coefficient (Wildman–Crippen LogP) is 2.02. The van der Waals surface area contributed by atoms with Gasteiger partial charge in [-0.3, -0.25) is 0 Å². The maximum absolute atomic E-state index is 5.45. The molecule has 0 saturated heterocycles. The molecule has 1 aromatic carbocycles. The fourth-order valence-corrected chi connectivity index (χ4v) is 1.37. The summed E-state index contributed by atoms with van der Waals surface area (Å²) in [5, 5.41) is 3.18. The average Bonchev–Trinajstić information content (AvgIpc) is 2.26. The molecule has 1 heterocycles. The predicted molar refractivity (Wildman–Crippen MR) is 57.6 cm³/mol. The Morgan fingerprint density at radius 3 is 3.21 bits per heavy atom. The molecule has 0 atom stereocenters. The summed E-state index contributed by atoms with van der Waals surface area (Å²) in [5.74, 6) is 0.694. The van der Waals surface area contributed by atoms with Crippen LogP contribution in [0.3, 0.4) is 0 Å². The summed E-state index contributed by atoms with van der Waals surface area (Å²) in [4.78, 5) is 4.24. The quantitative estimate of drug-likeness (QED) is 0.720. The lowest BCUT2D eigenvalue weighted by molar-refractivity contribution is 0.350. The zero-order chi connectivity index (χ0) is 9.80. The number of para-hydroxylation sites is 1. The Bertz CT molecular complexity index is 371. The molecule has 0 unspecified atom stereocenters. The Morgan fingerprint density at radius 1 is 1.50 bits per heavy atom. The van der Waals surface area contributed by atoms with Gasteiger partial charge in [0.1, 0.15) is 13.3 Å². The number of aliphatic imine (C=N–C) groups is 1. The van der Waals surface area contributed by atoms with Crippen LogP contribution in [0.2, 0.25) is 0 Å². The molecule has 14 heavy (non-hydrogen) atoms. The number of nitrogens with zero attached hydrogens (tertiary/aromatic N) is 1. The Balaban J connectivity index is 2.26. The number of ether oxygens (including phenoxy) is 1. The fraction of sp³-hybridized carbons (Fsp3) is 0.182. The lowest BCUT2D eigenvalue weighted by Gasteiger charge is -2.17. The van der Waals surface area contributed by atoms with Gasteiger partial charge in [-0.25, -0.2) is 4.99 Å². The largest absolute Gasteiger partial charge is 0.473 e. The monoisotopic (exact) mass is 188 g/mol. The van der Waals surface area contributed by atoms with Crippen molar-refractivity contribution >= 4 is 11.6 Å². The maximum Gasteiger partial charge on any atom is 0.220 e. The Morgan fingerprint density at radius 2 is 2.36 bits per heavy atom. The fourth-order valence-electron chi connectivity index (χ4n) is 1.37. The Hall–Kier alpha value is -1.77. The van der Waals surface area contributed by atoms with Crippen LogP contribution in [-0.2, 0) is 4.74 Å². The van der Waals surface area contributed by atoms with Crippen LogP contribution >= 0.6 is 0 Å². The first kappa shape index (κ1) is 8.81. The third-order valence-corrected chi connectivity index (χ3v) is 1.99. The van der Waals surface area contributed by atoms with E-state index in [4.69, 9.17) is 4.74 Å². The number of anilines is 1. The third kappa shape index (κ3) is 1.62. The van der Waals surface area contributed by atoms with Gasteiger partial charge in [-0.1, -0.05) is 24.8 Å². The van der Waals surface area contributed by atoms with Gasteiger partial charge in [-0.15, -0.1) is 0 Å². The summed E-state index contributed by atoms with van der Waals surface area (Å²) in [5.41, 5.74) is 2.09. The molecule has 0 aromatic heterocycles. The van der Waals surface area contributed by atoms with Gasteiger partial charge in [0.05, 0.1) is 5.56 Å². The second-order valence-electron chi connectivity index (χ2n) is 2.94. The molecule has 1 aromatic rings. The van der Waals surface area contributed by atoms with E-state index in [9.17, 15) is 0 Å². The molecule has 0 aliphatic carbocycles. The van der Waals surface area contributed by atoms with Gasteiger partial charge in [-0.2, -0.15) is 0 Å². The Labute approximate surface area is 83.1 Å².